The lowest BCUT2D eigenvalue weighted by Gasteiger charge is -2.38. The summed E-state index contributed by atoms with van der Waals surface area (Å²) >= 11 is 0. The van der Waals surface area contributed by atoms with Crippen LogP contribution in [0.15, 0.2) is 12.1 Å². The van der Waals surface area contributed by atoms with E-state index in [0.717, 1.165) is 18.6 Å². The van der Waals surface area contributed by atoms with Crippen LogP contribution in [0.25, 0.3) is 0 Å². The number of nitrogens with two attached hydrogens (primary N) is 1. The Morgan fingerprint density at radius 1 is 1.00 bits per heavy atom. The quantitative estimate of drug-likeness (QED) is 0.879. The number of ether oxygens (including phenoxy) is 1. The molecule has 0 saturated heterocycles. The molecular formula is C17H25NO. The first-order valence-electron chi connectivity index (χ1n) is 7.73. The first-order valence-corrected chi connectivity index (χ1v) is 7.73. The van der Waals surface area contributed by atoms with Gasteiger partial charge in [0.15, 0.2) is 0 Å². The molecule has 2 aliphatic carbocycles. The lowest BCUT2D eigenvalue weighted by Crippen LogP contribution is -2.40. The molecular weight excluding hydrogens is 234 g/mol. The molecule has 1 saturated carbocycles. The van der Waals surface area contributed by atoms with Crippen molar-refractivity contribution in [3.63, 3.8) is 0 Å². The Bertz CT molecular complexity index is 461. The Balaban J connectivity index is 2.11. The topological polar surface area (TPSA) is 35.2 Å². The summed E-state index contributed by atoms with van der Waals surface area (Å²) < 4.78 is 5.65. The molecule has 0 bridgehead atoms. The Morgan fingerprint density at radius 2 is 1.74 bits per heavy atom. The van der Waals surface area contributed by atoms with Crippen LogP contribution < -0.4 is 10.5 Å². The maximum absolute atomic E-state index is 6.80. The van der Waals surface area contributed by atoms with E-state index in [1.165, 1.54) is 61.6 Å². The number of hydrogen-bond acceptors (Lipinski definition) is 2. The normalized spacial score (nSPS) is 21.8. The maximum Gasteiger partial charge on any atom is 0.124 e. The van der Waals surface area contributed by atoms with Crippen molar-refractivity contribution in [2.75, 3.05) is 7.11 Å². The molecule has 2 N–H and O–H groups in total. The summed E-state index contributed by atoms with van der Waals surface area (Å²) in [6.45, 7) is 0. The van der Waals surface area contributed by atoms with Crippen LogP contribution in [0.4, 0.5) is 0 Å². The van der Waals surface area contributed by atoms with Crippen LogP contribution in [0.5, 0.6) is 5.75 Å². The number of aryl methyl sites for hydroxylation is 1. The molecule has 0 unspecified atom stereocenters. The van der Waals surface area contributed by atoms with E-state index < -0.39 is 0 Å². The van der Waals surface area contributed by atoms with Crippen LogP contribution in [0, 0.1) is 0 Å². The van der Waals surface area contributed by atoms with E-state index in [1.54, 1.807) is 7.11 Å². The van der Waals surface area contributed by atoms with E-state index in [2.05, 4.69) is 12.1 Å². The molecule has 0 atom stereocenters. The Kier molecular flexibility index (Phi) is 3.53. The van der Waals surface area contributed by atoms with Gasteiger partial charge in [-0.25, -0.2) is 0 Å². The predicted molar refractivity (Wildman–Crippen MR) is 78.6 cm³/mol. The highest BCUT2D eigenvalue weighted by atomic mass is 16.5. The van der Waals surface area contributed by atoms with E-state index in [0.29, 0.717) is 0 Å². The van der Waals surface area contributed by atoms with Crippen LogP contribution in [0.2, 0.25) is 0 Å². The first kappa shape index (κ1) is 13.0. The van der Waals surface area contributed by atoms with Crippen molar-refractivity contribution in [2.24, 2.45) is 5.73 Å². The number of hydrogen-bond donors (Lipinski definition) is 1. The monoisotopic (exact) mass is 259 g/mol. The van der Waals surface area contributed by atoms with E-state index >= 15 is 0 Å². The summed E-state index contributed by atoms with van der Waals surface area (Å²) in [6.07, 6.45) is 11.1. The van der Waals surface area contributed by atoms with Gasteiger partial charge in [-0.3, -0.25) is 0 Å². The molecule has 2 heteroatoms. The second-order valence-corrected chi connectivity index (χ2v) is 6.20. The van der Waals surface area contributed by atoms with Crippen LogP contribution in [0.3, 0.4) is 0 Å². The zero-order valence-corrected chi connectivity index (χ0v) is 12.0. The van der Waals surface area contributed by atoms with Gasteiger partial charge in [0.1, 0.15) is 5.75 Å². The summed E-state index contributed by atoms with van der Waals surface area (Å²) in [5, 5.41) is 0. The highest BCUT2D eigenvalue weighted by molar-refractivity contribution is 5.50. The molecule has 1 fully saturated rings. The molecule has 0 radical (unpaired) electrons. The molecule has 0 aromatic heterocycles. The minimum absolute atomic E-state index is 0.147. The van der Waals surface area contributed by atoms with Crippen LogP contribution in [-0.4, -0.2) is 7.11 Å². The van der Waals surface area contributed by atoms with Gasteiger partial charge in [0, 0.05) is 11.1 Å². The molecule has 0 amide bonds. The van der Waals surface area contributed by atoms with Crippen molar-refractivity contribution in [3.8, 4) is 5.75 Å². The molecule has 104 valence electrons. The predicted octanol–water partition coefficient (Wildman–Crippen LogP) is 3.69. The van der Waals surface area contributed by atoms with Gasteiger partial charge in [0.05, 0.1) is 7.11 Å². The molecule has 0 heterocycles. The van der Waals surface area contributed by atoms with Gasteiger partial charge in [-0.05, 0) is 55.7 Å². The Labute approximate surface area is 116 Å². The summed E-state index contributed by atoms with van der Waals surface area (Å²) in [5.74, 6) is 1.02. The van der Waals surface area contributed by atoms with Crippen molar-refractivity contribution < 1.29 is 4.74 Å². The van der Waals surface area contributed by atoms with Crippen molar-refractivity contribution in [3.05, 3.63) is 28.8 Å². The van der Waals surface area contributed by atoms with Gasteiger partial charge in [0.2, 0.25) is 0 Å². The lowest BCUT2D eigenvalue weighted by molar-refractivity contribution is 0.286. The second kappa shape index (κ2) is 5.16. The average molecular weight is 259 g/mol. The van der Waals surface area contributed by atoms with Crippen LogP contribution in [0.1, 0.15) is 61.6 Å². The van der Waals surface area contributed by atoms with E-state index in [9.17, 15) is 0 Å². The largest absolute Gasteiger partial charge is 0.496 e. The molecule has 1 aromatic carbocycles. The number of rotatable bonds is 2. The third-order valence-corrected chi connectivity index (χ3v) is 4.96. The third-order valence-electron chi connectivity index (χ3n) is 4.96. The molecule has 1 aromatic rings. The SMILES string of the molecule is COc1ccc2c(c1C1(N)CCCCC1)CCCC2. The Morgan fingerprint density at radius 3 is 2.47 bits per heavy atom. The smallest absolute Gasteiger partial charge is 0.124 e. The highest BCUT2D eigenvalue weighted by Crippen LogP contribution is 2.43. The zero-order chi connectivity index (χ0) is 13.3. The van der Waals surface area contributed by atoms with Gasteiger partial charge in [0.25, 0.3) is 0 Å². The molecule has 3 rings (SSSR count). The third kappa shape index (κ3) is 2.27. The van der Waals surface area contributed by atoms with Gasteiger partial charge in [-0.1, -0.05) is 25.3 Å². The van der Waals surface area contributed by atoms with Crippen LogP contribution in [-0.2, 0) is 18.4 Å². The van der Waals surface area contributed by atoms with E-state index in [-0.39, 0.29) is 5.54 Å². The van der Waals surface area contributed by atoms with Crippen molar-refractivity contribution in [1.29, 1.82) is 0 Å². The average Bonchev–Trinajstić information content (AvgIpc) is 2.46. The molecule has 19 heavy (non-hydrogen) atoms. The van der Waals surface area contributed by atoms with E-state index in [1.807, 2.05) is 0 Å². The number of benzene rings is 1. The molecule has 0 spiro atoms. The van der Waals surface area contributed by atoms with Gasteiger partial charge in [-0.15, -0.1) is 0 Å². The van der Waals surface area contributed by atoms with E-state index in [4.69, 9.17) is 10.5 Å². The minimum Gasteiger partial charge on any atom is -0.496 e. The summed E-state index contributed by atoms with van der Waals surface area (Å²) in [5.41, 5.74) is 11.0. The standard InChI is InChI=1S/C17H25NO/c1-19-15-10-9-13-7-3-4-8-14(13)16(15)17(18)11-5-2-6-12-17/h9-10H,2-8,11-12,18H2,1H3. The highest BCUT2D eigenvalue weighted by Gasteiger charge is 2.35. The second-order valence-electron chi connectivity index (χ2n) is 6.20. The Hall–Kier alpha value is -1.02. The number of fused-ring (bicyclic) bond motifs is 1. The summed E-state index contributed by atoms with van der Waals surface area (Å²) in [4.78, 5) is 0. The van der Waals surface area contributed by atoms with Crippen molar-refractivity contribution in [1.82, 2.24) is 0 Å². The van der Waals surface area contributed by atoms with Crippen molar-refractivity contribution in [2.45, 2.75) is 63.3 Å². The van der Waals surface area contributed by atoms with Gasteiger partial charge >= 0.3 is 0 Å². The van der Waals surface area contributed by atoms with Gasteiger partial charge < -0.3 is 10.5 Å². The molecule has 2 aliphatic rings. The lowest BCUT2D eigenvalue weighted by atomic mass is 9.72. The molecule has 0 aliphatic heterocycles. The fourth-order valence-corrected chi connectivity index (χ4v) is 3.96. The van der Waals surface area contributed by atoms with Gasteiger partial charge in [-0.2, -0.15) is 0 Å². The maximum atomic E-state index is 6.80. The fraction of sp³-hybridized carbons (Fsp3) is 0.647. The van der Waals surface area contributed by atoms with Crippen LogP contribution >= 0.6 is 0 Å². The minimum atomic E-state index is -0.147. The zero-order valence-electron chi connectivity index (χ0n) is 12.0. The fourth-order valence-electron chi connectivity index (χ4n) is 3.96. The first-order chi connectivity index (χ1) is 9.24. The summed E-state index contributed by atoms with van der Waals surface area (Å²) in [7, 11) is 1.78. The number of methoxy groups -OCH3 is 1. The summed E-state index contributed by atoms with van der Waals surface area (Å²) in [6, 6.07) is 4.39. The van der Waals surface area contributed by atoms with Crippen molar-refractivity contribution >= 4 is 0 Å². The molecule has 2 nitrogen and oxygen atoms in total.